The first kappa shape index (κ1) is 26.5. The van der Waals surface area contributed by atoms with Gasteiger partial charge in [0.1, 0.15) is 31.0 Å². The minimum Gasteiger partial charge on any atom is -0.459 e. The molecule has 8 nitrogen and oxygen atoms in total. The van der Waals surface area contributed by atoms with Crippen LogP contribution in [-0.4, -0.2) is 54.2 Å². The molecular weight excluding hydrogens is 474 g/mol. The predicted octanol–water partition coefficient (Wildman–Crippen LogP) is 3.24. The van der Waals surface area contributed by atoms with Crippen LogP contribution >= 0.6 is 0 Å². The predicted molar refractivity (Wildman–Crippen MR) is 135 cm³/mol. The Morgan fingerprint density at radius 2 is 1.38 bits per heavy atom. The number of hydrogen-bond donors (Lipinski definition) is 2. The minimum atomic E-state index is -1.21. The zero-order valence-corrected chi connectivity index (χ0v) is 20.6. The first-order chi connectivity index (χ1) is 18.0. The summed E-state index contributed by atoms with van der Waals surface area (Å²) >= 11 is 0. The van der Waals surface area contributed by atoms with Crippen molar-refractivity contribution in [3.05, 3.63) is 108 Å². The zero-order chi connectivity index (χ0) is 26.0. The van der Waals surface area contributed by atoms with Gasteiger partial charge >= 0.3 is 5.97 Å². The van der Waals surface area contributed by atoms with E-state index in [0.29, 0.717) is 5.56 Å². The van der Waals surface area contributed by atoms with Gasteiger partial charge in [0.05, 0.1) is 18.8 Å². The number of carbonyl (C=O) groups is 2. The first-order valence-corrected chi connectivity index (χ1v) is 12.1. The van der Waals surface area contributed by atoms with E-state index in [0.717, 1.165) is 11.1 Å². The summed E-state index contributed by atoms with van der Waals surface area (Å²) in [5.74, 6) is -0.861. The summed E-state index contributed by atoms with van der Waals surface area (Å²) < 4.78 is 23.7. The number of hydrogen-bond acceptors (Lipinski definition) is 7. The number of carbonyl (C=O) groups excluding carboxylic acids is 2. The van der Waals surface area contributed by atoms with Gasteiger partial charge in [-0.2, -0.15) is 0 Å². The van der Waals surface area contributed by atoms with Crippen molar-refractivity contribution in [1.29, 1.82) is 0 Å². The van der Waals surface area contributed by atoms with Crippen molar-refractivity contribution in [3.8, 4) is 0 Å². The second-order valence-electron chi connectivity index (χ2n) is 8.78. The van der Waals surface area contributed by atoms with E-state index < -0.39 is 36.6 Å². The maximum absolute atomic E-state index is 12.5. The van der Waals surface area contributed by atoms with E-state index >= 15 is 0 Å². The van der Waals surface area contributed by atoms with Crippen LogP contribution in [0.5, 0.6) is 0 Å². The molecule has 194 valence electrons. The van der Waals surface area contributed by atoms with Crippen LogP contribution in [0.1, 0.15) is 28.4 Å². The van der Waals surface area contributed by atoms with Crippen LogP contribution in [0.25, 0.3) is 0 Å². The number of rotatable bonds is 10. The smallest absolute Gasteiger partial charge is 0.338 e. The number of aliphatic hydroxyl groups is 1. The molecule has 2 unspecified atom stereocenters. The van der Waals surface area contributed by atoms with Crippen molar-refractivity contribution < 1.29 is 33.6 Å². The molecule has 1 aliphatic rings. The average molecular weight is 506 g/mol. The van der Waals surface area contributed by atoms with E-state index in [1.165, 1.54) is 6.92 Å². The number of nitrogens with one attached hydrogen (secondary N) is 1. The van der Waals surface area contributed by atoms with Crippen molar-refractivity contribution in [2.75, 3.05) is 6.61 Å². The molecule has 0 saturated carbocycles. The van der Waals surface area contributed by atoms with Crippen molar-refractivity contribution in [3.63, 3.8) is 0 Å². The standard InChI is InChI=1S/C29H31NO7/c1-20(31)30-25-27(34-17-21-11-5-2-6-12-21)26(32)24(19-35-28(33)23-15-9-4-10-16-23)37-29(25)36-18-22-13-7-3-8-14-22/h2-16,24-27,29,32H,17-19H2,1H3,(H,30,31)/t24?,25?,26-,27+,29+/m0/s1. The van der Waals surface area contributed by atoms with Gasteiger partial charge in [-0.25, -0.2) is 4.79 Å². The molecule has 3 aromatic carbocycles. The molecule has 1 saturated heterocycles. The Morgan fingerprint density at radius 3 is 1.95 bits per heavy atom. The van der Waals surface area contributed by atoms with Crippen LogP contribution in [0, 0.1) is 0 Å². The number of benzene rings is 3. The third-order valence-electron chi connectivity index (χ3n) is 5.97. The van der Waals surface area contributed by atoms with E-state index in [1.807, 2.05) is 60.7 Å². The molecule has 1 heterocycles. The summed E-state index contributed by atoms with van der Waals surface area (Å²) in [7, 11) is 0. The number of ether oxygens (including phenoxy) is 4. The fourth-order valence-corrected chi connectivity index (χ4v) is 4.12. The topological polar surface area (TPSA) is 103 Å². The van der Waals surface area contributed by atoms with Gasteiger partial charge in [0, 0.05) is 6.92 Å². The Bertz CT molecular complexity index is 1130. The lowest BCUT2D eigenvalue weighted by molar-refractivity contribution is -0.281. The summed E-state index contributed by atoms with van der Waals surface area (Å²) in [6.45, 7) is 1.56. The highest BCUT2D eigenvalue weighted by molar-refractivity contribution is 5.89. The lowest BCUT2D eigenvalue weighted by Gasteiger charge is -2.44. The lowest BCUT2D eigenvalue weighted by Crippen LogP contribution is -2.65. The summed E-state index contributed by atoms with van der Waals surface area (Å²) in [6, 6.07) is 26.8. The molecule has 0 aromatic heterocycles. The van der Waals surface area contributed by atoms with Gasteiger partial charge < -0.3 is 29.4 Å². The fourth-order valence-electron chi connectivity index (χ4n) is 4.12. The zero-order valence-electron chi connectivity index (χ0n) is 20.6. The summed E-state index contributed by atoms with van der Waals surface area (Å²) in [6.07, 6.45) is -4.01. The SMILES string of the molecule is CC(=O)NC1[C@H](OCc2ccccc2)OC(COC(=O)c2ccccc2)[C@H](O)[C@@H]1OCc1ccccc1. The number of esters is 1. The minimum absolute atomic E-state index is 0.195. The molecule has 1 fully saturated rings. The van der Waals surface area contributed by atoms with Gasteiger partial charge in [0.25, 0.3) is 0 Å². The first-order valence-electron chi connectivity index (χ1n) is 12.1. The molecule has 8 heteroatoms. The Morgan fingerprint density at radius 1 is 0.838 bits per heavy atom. The average Bonchev–Trinajstić information content (AvgIpc) is 2.93. The Labute approximate surface area is 216 Å². The monoisotopic (exact) mass is 505 g/mol. The van der Waals surface area contributed by atoms with Crippen LogP contribution in [0.15, 0.2) is 91.0 Å². The molecule has 4 rings (SSSR count). The largest absolute Gasteiger partial charge is 0.459 e. The highest BCUT2D eigenvalue weighted by atomic mass is 16.7. The second kappa shape index (κ2) is 13.1. The van der Waals surface area contributed by atoms with Crippen molar-refractivity contribution in [2.45, 2.75) is 50.8 Å². The molecule has 0 radical (unpaired) electrons. The highest BCUT2D eigenvalue weighted by Crippen LogP contribution is 2.27. The third kappa shape index (κ3) is 7.47. The van der Waals surface area contributed by atoms with E-state index in [-0.39, 0.29) is 25.7 Å². The summed E-state index contributed by atoms with van der Waals surface area (Å²) in [5.41, 5.74) is 2.20. The fraction of sp³-hybridized carbons (Fsp3) is 0.310. The molecule has 0 spiro atoms. The Kier molecular flexibility index (Phi) is 9.40. The van der Waals surface area contributed by atoms with Gasteiger partial charge in [-0.1, -0.05) is 78.9 Å². The van der Waals surface area contributed by atoms with E-state index in [1.54, 1.807) is 30.3 Å². The maximum Gasteiger partial charge on any atom is 0.338 e. The van der Waals surface area contributed by atoms with E-state index in [9.17, 15) is 14.7 Å². The summed E-state index contributed by atoms with van der Waals surface area (Å²) in [4.78, 5) is 24.6. The number of aliphatic hydroxyl groups excluding tert-OH is 1. The third-order valence-corrected chi connectivity index (χ3v) is 5.97. The van der Waals surface area contributed by atoms with Crippen LogP contribution < -0.4 is 5.32 Å². The number of amides is 1. The molecule has 1 aliphatic heterocycles. The van der Waals surface area contributed by atoms with Gasteiger partial charge in [-0.3, -0.25) is 4.79 Å². The maximum atomic E-state index is 12.5. The van der Waals surface area contributed by atoms with Crippen molar-refractivity contribution in [1.82, 2.24) is 5.32 Å². The van der Waals surface area contributed by atoms with E-state index in [2.05, 4.69) is 5.32 Å². The molecular formula is C29H31NO7. The van der Waals surface area contributed by atoms with Crippen LogP contribution in [0.2, 0.25) is 0 Å². The molecule has 0 aliphatic carbocycles. The quantitative estimate of drug-likeness (QED) is 0.408. The van der Waals surface area contributed by atoms with E-state index in [4.69, 9.17) is 18.9 Å². The summed E-state index contributed by atoms with van der Waals surface area (Å²) in [5, 5.41) is 14.0. The van der Waals surface area contributed by atoms with Crippen molar-refractivity contribution in [2.24, 2.45) is 0 Å². The normalized spacial score (nSPS) is 23.2. The van der Waals surface area contributed by atoms with Crippen LogP contribution in [0.4, 0.5) is 0 Å². The highest BCUT2D eigenvalue weighted by Gasteiger charge is 2.47. The Balaban J connectivity index is 1.52. The van der Waals surface area contributed by atoms with Crippen molar-refractivity contribution >= 4 is 11.9 Å². The molecule has 37 heavy (non-hydrogen) atoms. The Hall–Kier alpha value is -3.56. The lowest BCUT2D eigenvalue weighted by atomic mass is 9.96. The molecule has 5 atom stereocenters. The molecule has 1 amide bonds. The van der Waals surface area contributed by atoms with Gasteiger partial charge in [0.15, 0.2) is 6.29 Å². The molecule has 2 N–H and O–H groups in total. The van der Waals surface area contributed by atoms with Gasteiger partial charge in [-0.15, -0.1) is 0 Å². The second-order valence-corrected chi connectivity index (χ2v) is 8.78. The van der Waals surface area contributed by atoms with Gasteiger partial charge in [0.2, 0.25) is 5.91 Å². The molecule has 3 aromatic rings. The molecule has 0 bridgehead atoms. The van der Waals surface area contributed by atoms with Crippen LogP contribution in [0.3, 0.4) is 0 Å². The van der Waals surface area contributed by atoms with Gasteiger partial charge in [-0.05, 0) is 23.3 Å². The van der Waals surface area contributed by atoms with Crippen LogP contribution in [-0.2, 0) is 37.0 Å².